The van der Waals surface area contributed by atoms with E-state index >= 15 is 0 Å². The van der Waals surface area contributed by atoms with Crippen molar-refractivity contribution < 1.29 is 9.47 Å². The number of hydrogen-bond acceptors (Lipinski definition) is 4. The highest BCUT2D eigenvalue weighted by atomic mass is 16.5. The normalized spacial score (nSPS) is 27.2. The van der Waals surface area contributed by atoms with Gasteiger partial charge in [0.15, 0.2) is 0 Å². The third-order valence-electron chi connectivity index (χ3n) is 5.07. The molecule has 2 rings (SSSR count). The minimum Gasteiger partial charge on any atom is -0.497 e. The largest absolute Gasteiger partial charge is 0.497 e. The fourth-order valence-corrected chi connectivity index (χ4v) is 3.45. The molecule has 4 nitrogen and oxygen atoms in total. The molecular weight excluding hydrogens is 264 g/mol. The van der Waals surface area contributed by atoms with E-state index in [1.165, 1.54) is 19.3 Å². The Labute approximate surface area is 128 Å². The average molecular weight is 292 g/mol. The van der Waals surface area contributed by atoms with Gasteiger partial charge in [0.25, 0.3) is 0 Å². The first-order chi connectivity index (χ1) is 10.1. The predicted octanol–water partition coefficient (Wildman–Crippen LogP) is 3.28. The first-order valence-electron chi connectivity index (χ1n) is 7.78. The van der Waals surface area contributed by atoms with Crippen LogP contribution in [0.2, 0.25) is 0 Å². The van der Waals surface area contributed by atoms with Crippen molar-refractivity contribution in [1.29, 1.82) is 0 Å². The van der Waals surface area contributed by atoms with Gasteiger partial charge in [-0.05, 0) is 36.7 Å². The molecular formula is C17H28N2O2. The fourth-order valence-electron chi connectivity index (χ4n) is 3.45. The van der Waals surface area contributed by atoms with E-state index in [1.54, 1.807) is 14.2 Å². The lowest BCUT2D eigenvalue weighted by molar-refractivity contribution is 0.170. The summed E-state index contributed by atoms with van der Waals surface area (Å²) in [4.78, 5) is 0. The van der Waals surface area contributed by atoms with Crippen LogP contribution in [0.4, 0.5) is 0 Å². The number of ether oxygens (including phenoxy) is 2. The summed E-state index contributed by atoms with van der Waals surface area (Å²) in [5.74, 6) is 9.60. The maximum Gasteiger partial charge on any atom is 0.127 e. The van der Waals surface area contributed by atoms with Gasteiger partial charge in [0.2, 0.25) is 0 Å². The van der Waals surface area contributed by atoms with Gasteiger partial charge < -0.3 is 9.47 Å². The summed E-state index contributed by atoms with van der Waals surface area (Å²) in [7, 11) is 3.36. The van der Waals surface area contributed by atoms with Crippen LogP contribution in [0.3, 0.4) is 0 Å². The second-order valence-electron chi connectivity index (χ2n) is 6.28. The Balaban J connectivity index is 2.24. The van der Waals surface area contributed by atoms with E-state index in [0.717, 1.165) is 28.9 Å². The van der Waals surface area contributed by atoms with Crippen molar-refractivity contribution in [2.45, 2.75) is 39.2 Å². The van der Waals surface area contributed by atoms with Gasteiger partial charge in [-0.1, -0.05) is 26.3 Å². The summed E-state index contributed by atoms with van der Waals surface area (Å²) in [5.41, 5.74) is 4.13. The molecule has 0 aromatic heterocycles. The lowest BCUT2D eigenvalue weighted by Gasteiger charge is -2.37. The first kappa shape index (κ1) is 16.1. The summed E-state index contributed by atoms with van der Waals surface area (Å²) in [6, 6.07) is 6.08. The molecule has 0 bridgehead atoms. The SMILES string of the molecule is COc1ccc(C(NN)C2CCC(C)C(C)C2)c(OC)c1. The van der Waals surface area contributed by atoms with E-state index in [1.807, 2.05) is 12.1 Å². The number of methoxy groups -OCH3 is 2. The minimum atomic E-state index is 0.126. The molecule has 1 aromatic rings. The molecule has 1 aromatic carbocycles. The number of rotatable bonds is 5. The smallest absolute Gasteiger partial charge is 0.127 e. The third kappa shape index (κ3) is 3.50. The van der Waals surface area contributed by atoms with Gasteiger partial charge in [0.05, 0.1) is 20.3 Å². The lowest BCUT2D eigenvalue weighted by atomic mass is 9.72. The molecule has 3 N–H and O–H groups in total. The monoisotopic (exact) mass is 292 g/mol. The van der Waals surface area contributed by atoms with Crippen molar-refractivity contribution in [1.82, 2.24) is 5.43 Å². The van der Waals surface area contributed by atoms with Crippen LogP contribution < -0.4 is 20.7 Å². The quantitative estimate of drug-likeness (QED) is 0.646. The van der Waals surface area contributed by atoms with Crippen LogP contribution in [0.25, 0.3) is 0 Å². The zero-order chi connectivity index (χ0) is 15.4. The zero-order valence-corrected chi connectivity index (χ0v) is 13.6. The molecule has 4 unspecified atom stereocenters. The van der Waals surface area contributed by atoms with Crippen molar-refractivity contribution in [3.8, 4) is 11.5 Å². The highest BCUT2D eigenvalue weighted by molar-refractivity contribution is 5.42. The van der Waals surface area contributed by atoms with Gasteiger partial charge in [-0.3, -0.25) is 11.3 Å². The van der Waals surface area contributed by atoms with E-state index in [2.05, 4.69) is 25.3 Å². The summed E-state index contributed by atoms with van der Waals surface area (Å²) in [5, 5.41) is 0. The summed E-state index contributed by atoms with van der Waals surface area (Å²) < 4.78 is 10.8. The lowest BCUT2D eigenvalue weighted by Crippen LogP contribution is -2.37. The molecule has 0 heterocycles. The predicted molar refractivity (Wildman–Crippen MR) is 85.3 cm³/mol. The van der Waals surface area contributed by atoms with E-state index in [9.17, 15) is 0 Å². The molecule has 1 saturated carbocycles. The number of hydrogen-bond donors (Lipinski definition) is 2. The standard InChI is InChI=1S/C17H28N2O2/c1-11-5-6-13(9-12(11)2)17(19-18)15-8-7-14(20-3)10-16(15)21-4/h7-8,10-13,17,19H,5-6,9,18H2,1-4H3. The molecule has 0 aliphatic heterocycles. The van der Waals surface area contributed by atoms with Gasteiger partial charge in [-0.15, -0.1) is 0 Å². The summed E-state index contributed by atoms with van der Waals surface area (Å²) in [6.07, 6.45) is 3.67. The Morgan fingerprint density at radius 3 is 2.48 bits per heavy atom. The van der Waals surface area contributed by atoms with Crippen LogP contribution >= 0.6 is 0 Å². The molecule has 118 valence electrons. The second kappa shape index (κ2) is 7.14. The van der Waals surface area contributed by atoms with Gasteiger partial charge in [-0.25, -0.2) is 0 Å². The van der Waals surface area contributed by atoms with Gasteiger partial charge in [-0.2, -0.15) is 0 Å². The number of benzene rings is 1. The van der Waals surface area contributed by atoms with Crippen molar-refractivity contribution in [3.63, 3.8) is 0 Å². The van der Waals surface area contributed by atoms with E-state index < -0.39 is 0 Å². The van der Waals surface area contributed by atoms with Crippen LogP contribution in [0.1, 0.15) is 44.7 Å². The molecule has 1 fully saturated rings. The van der Waals surface area contributed by atoms with Crippen molar-refractivity contribution in [3.05, 3.63) is 23.8 Å². The summed E-state index contributed by atoms with van der Waals surface area (Å²) >= 11 is 0. The molecule has 0 spiro atoms. The van der Waals surface area contributed by atoms with Crippen LogP contribution in [-0.2, 0) is 0 Å². The Kier molecular flexibility index (Phi) is 5.48. The maximum absolute atomic E-state index is 5.87. The van der Waals surface area contributed by atoms with Gasteiger partial charge >= 0.3 is 0 Å². The Morgan fingerprint density at radius 1 is 1.14 bits per heavy atom. The van der Waals surface area contributed by atoms with Gasteiger partial charge in [0.1, 0.15) is 11.5 Å². The van der Waals surface area contributed by atoms with Crippen LogP contribution in [0.5, 0.6) is 11.5 Å². The second-order valence-corrected chi connectivity index (χ2v) is 6.28. The molecule has 0 saturated heterocycles. The van der Waals surface area contributed by atoms with Crippen LogP contribution in [-0.4, -0.2) is 14.2 Å². The van der Waals surface area contributed by atoms with Crippen molar-refractivity contribution >= 4 is 0 Å². The molecule has 1 aliphatic carbocycles. The van der Waals surface area contributed by atoms with Crippen LogP contribution in [0.15, 0.2) is 18.2 Å². The van der Waals surface area contributed by atoms with Crippen LogP contribution in [0, 0.1) is 17.8 Å². The highest BCUT2D eigenvalue weighted by Crippen LogP contribution is 2.42. The van der Waals surface area contributed by atoms with E-state index in [-0.39, 0.29) is 6.04 Å². The molecule has 0 amide bonds. The number of nitrogens with two attached hydrogens (primary N) is 1. The van der Waals surface area contributed by atoms with Crippen molar-refractivity contribution in [2.24, 2.45) is 23.6 Å². The van der Waals surface area contributed by atoms with E-state index in [0.29, 0.717) is 5.92 Å². The number of hydrazine groups is 1. The van der Waals surface area contributed by atoms with Crippen molar-refractivity contribution in [2.75, 3.05) is 14.2 Å². The Bertz CT molecular complexity index is 464. The fraction of sp³-hybridized carbons (Fsp3) is 0.647. The van der Waals surface area contributed by atoms with E-state index in [4.69, 9.17) is 15.3 Å². The molecule has 4 heteroatoms. The Hall–Kier alpha value is -1.26. The first-order valence-corrected chi connectivity index (χ1v) is 7.78. The summed E-state index contributed by atoms with van der Waals surface area (Å²) in [6.45, 7) is 4.69. The minimum absolute atomic E-state index is 0.126. The molecule has 21 heavy (non-hydrogen) atoms. The average Bonchev–Trinajstić information content (AvgIpc) is 2.51. The third-order valence-corrected chi connectivity index (χ3v) is 5.07. The zero-order valence-electron chi connectivity index (χ0n) is 13.6. The highest BCUT2D eigenvalue weighted by Gasteiger charge is 2.31. The maximum atomic E-state index is 5.87. The Morgan fingerprint density at radius 2 is 1.90 bits per heavy atom. The molecule has 4 atom stereocenters. The number of nitrogens with one attached hydrogen (secondary N) is 1. The molecule has 1 aliphatic rings. The topological polar surface area (TPSA) is 56.5 Å². The van der Waals surface area contributed by atoms with Gasteiger partial charge in [0, 0.05) is 11.6 Å². The molecule has 0 radical (unpaired) electrons.